The number of amides is 1. The molecule has 0 atom stereocenters. The number of alkyl carbamates (subject to hydrolysis) is 1. The predicted octanol–water partition coefficient (Wildman–Crippen LogP) is 4.10. The molecule has 118 valence electrons. The summed E-state index contributed by atoms with van der Waals surface area (Å²) in [5.74, 6) is 0. The summed E-state index contributed by atoms with van der Waals surface area (Å²) in [4.78, 5) is 11.5. The van der Waals surface area contributed by atoms with E-state index in [0.717, 1.165) is 23.1 Å². The molecule has 1 N–H and O–H groups in total. The molecule has 0 heterocycles. The number of nitrogens with one attached hydrogen (secondary N) is 1. The molecule has 0 aliphatic heterocycles. The van der Waals surface area contributed by atoms with Crippen LogP contribution in [0.25, 0.3) is 6.08 Å². The highest BCUT2D eigenvalue weighted by Gasteiger charge is 2.15. The van der Waals surface area contributed by atoms with Crippen molar-refractivity contribution in [2.24, 2.45) is 0 Å². The molecule has 1 aromatic rings. The van der Waals surface area contributed by atoms with Gasteiger partial charge in [-0.15, -0.1) is 0 Å². The van der Waals surface area contributed by atoms with Crippen LogP contribution in [0.2, 0.25) is 0 Å². The fourth-order valence-corrected chi connectivity index (χ4v) is 2.08. The average molecular weight is 300 g/mol. The predicted molar refractivity (Wildman–Crippen MR) is 88.5 cm³/mol. The van der Waals surface area contributed by atoms with Gasteiger partial charge in [-0.05, 0) is 69.9 Å². The highest BCUT2D eigenvalue weighted by molar-refractivity contribution is 5.67. The summed E-state index contributed by atoms with van der Waals surface area (Å²) in [6.07, 6.45) is 4.37. The lowest BCUT2D eigenvalue weighted by Crippen LogP contribution is -2.32. The van der Waals surface area contributed by atoms with Gasteiger partial charge in [-0.1, -0.05) is 12.2 Å². The second-order valence-electron chi connectivity index (χ2n) is 6.26. The van der Waals surface area contributed by atoms with Gasteiger partial charge in [0, 0.05) is 6.54 Å². The molecule has 4 heteroatoms. The quantitative estimate of drug-likeness (QED) is 0.851. The van der Waals surface area contributed by atoms with Gasteiger partial charge < -0.3 is 10.1 Å². The second kappa shape index (κ2) is 7.65. The minimum Gasteiger partial charge on any atom is -0.444 e. The van der Waals surface area contributed by atoms with Gasteiger partial charge in [0.05, 0.1) is 11.6 Å². The third-order valence-corrected chi connectivity index (χ3v) is 2.99. The van der Waals surface area contributed by atoms with E-state index in [9.17, 15) is 4.79 Å². The lowest BCUT2D eigenvalue weighted by atomic mass is 9.99. The summed E-state index contributed by atoms with van der Waals surface area (Å²) in [6, 6.07) is 5.92. The van der Waals surface area contributed by atoms with Crippen molar-refractivity contribution in [1.82, 2.24) is 5.32 Å². The molecule has 0 fully saturated rings. The van der Waals surface area contributed by atoms with Crippen LogP contribution in [-0.4, -0.2) is 18.2 Å². The van der Waals surface area contributed by atoms with Crippen molar-refractivity contribution in [3.8, 4) is 6.07 Å². The molecule has 0 aromatic heterocycles. The lowest BCUT2D eigenvalue weighted by Gasteiger charge is -2.19. The molecule has 0 saturated heterocycles. The van der Waals surface area contributed by atoms with Crippen molar-refractivity contribution >= 4 is 12.2 Å². The third-order valence-electron chi connectivity index (χ3n) is 2.99. The van der Waals surface area contributed by atoms with Gasteiger partial charge in [-0.3, -0.25) is 0 Å². The molecular weight excluding hydrogens is 276 g/mol. The summed E-state index contributed by atoms with van der Waals surface area (Å²) >= 11 is 0. The number of benzene rings is 1. The summed E-state index contributed by atoms with van der Waals surface area (Å²) in [5.41, 5.74) is 3.48. The highest BCUT2D eigenvalue weighted by Crippen LogP contribution is 2.18. The first kappa shape index (κ1) is 17.8. The minimum absolute atomic E-state index is 0.397. The Morgan fingerprint density at radius 1 is 1.32 bits per heavy atom. The number of nitriles is 1. The van der Waals surface area contributed by atoms with E-state index in [4.69, 9.17) is 10.00 Å². The zero-order chi connectivity index (χ0) is 16.8. The maximum absolute atomic E-state index is 11.5. The molecule has 0 bridgehead atoms. The number of aryl methyl sites for hydroxylation is 2. The molecule has 0 spiro atoms. The summed E-state index contributed by atoms with van der Waals surface area (Å²) in [7, 11) is 0. The van der Waals surface area contributed by atoms with Crippen LogP contribution in [0.4, 0.5) is 4.79 Å². The molecule has 0 radical (unpaired) electrons. The Morgan fingerprint density at radius 2 is 1.91 bits per heavy atom. The van der Waals surface area contributed by atoms with Crippen molar-refractivity contribution in [2.45, 2.75) is 46.6 Å². The molecule has 1 rings (SSSR count). The largest absolute Gasteiger partial charge is 0.444 e. The zero-order valence-electron chi connectivity index (χ0n) is 14.0. The monoisotopic (exact) mass is 300 g/mol. The molecule has 4 nitrogen and oxygen atoms in total. The number of carbonyl (C=O) groups excluding carboxylic acids is 1. The van der Waals surface area contributed by atoms with Gasteiger partial charge in [0.25, 0.3) is 0 Å². The van der Waals surface area contributed by atoms with E-state index >= 15 is 0 Å². The van der Waals surface area contributed by atoms with Gasteiger partial charge in [-0.25, -0.2) is 4.79 Å². The van der Waals surface area contributed by atoms with Crippen LogP contribution in [0, 0.1) is 25.2 Å². The number of ether oxygens (including phenoxy) is 1. The fraction of sp³-hybridized carbons (Fsp3) is 0.444. The van der Waals surface area contributed by atoms with Crippen LogP contribution in [0.15, 0.2) is 18.2 Å². The number of rotatable bonds is 4. The van der Waals surface area contributed by atoms with E-state index in [2.05, 4.69) is 11.4 Å². The molecule has 0 unspecified atom stereocenters. The van der Waals surface area contributed by atoms with Crippen LogP contribution < -0.4 is 5.32 Å². The number of hydrogen-bond donors (Lipinski definition) is 1. The van der Waals surface area contributed by atoms with Gasteiger partial charge in [-0.2, -0.15) is 5.26 Å². The Labute approximate surface area is 132 Å². The maximum Gasteiger partial charge on any atom is 0.407 e. The van der Waals surface area contributed by atoms with Crippen molar-refractivity contribution in [3.05, 3.63) is 40.5 Å². The fourth-order valence-electron chi connectivity index (χ4n) is 2.08. The number of hydrogen-bond acceptors (Lipinski definition) is 3. The minimum atomic E-state index is -0.476. The van der Waals surface area contributed by atoms with E-state index in [0.29, 0.717) is 12.1 Å². The first-order chi connectivity index (χ1) is 10.2. The van der Waals surface area contributed by atoms with Crippen molar-refractivity contribution < 1.29 is 9.53 Å². The van der Waals surface area contributed by atoms with Crippen LogP contribution in [-0.2, 0) is 4.74 Å². The zero-order valence-corrected chi connectivity index (χ0v) is 14.0. The lowest BCUT2D eigenvalue weighted by molar-refractivity contribution is 0.0529. The maximum atomic E-state index is 11.5. The van der Waals surface area contributed by atoms with Crippen LogP contribution >= 0.6 is 0 Å². The Hall–Kier alpha value is -2.28. The highest BCUT2D eigenvalue weighted by atomic mass is 16.6. The summed E-state index contributed by atoms with van der Waals surface area (Å²) in [6.45, 7) is 10.0. The van der Waals surface area contributed by atoms with Gasteiger partial charge in [0.2, 0.25) is 0 Å². The van der Waals surface area contributed by atoms with E-state index in [1.54, 1.807) is 0 Å². The number of nitrogens with zero attached hydrogens (tertiary/aromatic N) is 1. The molecule has 0 aliphatic carbocycles. The van der Waals surface area contributed by atoms with Gasteiger partial charge in [0.1, 0.15) is 5.60 Å². The Balaban J connectivity index is 2.51. The standard InChI is InChI=1S/C18H24N2O2/c1-13-10-15(12-19)11-14(2)16(13)8-6-7-9-20-17(21)22-18(3,4)5/h6,8,10-11H,7,9H2,1-5H3,(H,20,21). The first-order valence-corrected chi connectivity index (χ1v) is 7.37. The third kappa shape index (κ3) is 6.01. The average Bonchev–Trinajstić information content (AvgIpc) is 2.38. The first-order valence-electron chi connectivity index (χ1n) is 7.37. The van der Waals surface area contributed by atoms with Crippen molar-refractivity contribution in [2.75, 3.05) is 6.54 Å². The van der Waals surface area contributed by atoms with E-state index in [-0.39, 0.29) is 0 Å². The Bertz CT molecular complexity index is 581. The molecular formula is C18H24N2O2. The van der Waals surface area contributed by atoms with E-state index in [1.165, 1.54) is 0 Å². The Morgan fingerprint density at radius 3 is 2.41 bits per heavy atom. The van der Waals surface area contributed by atoms with Crippen molar-refractivity contribution in [1.29, 1.82) is 5.26 Å². The summed E-state index contributed by atoms with van der Waals surface area (Å²) in [5, 5.41) is 11.7. The van der Waals surface area contributed by atoms with Gasteiger partial charge in [0.15, 0.2) is 0 Å². The van der Waals surface area contributed by atoms with E-state index in [1.807, 2.05) is 58.9 Å². The van der Waals surface area contributed by atoms with Gasteiger partial charge >= 0.3 is 6.09 Å². The normalized spacial score (nSPS) is 11.3. The molecule has 22 heavy (non-hydrogen) atoms. The topological polar surface area (TPSA) is 62.1 Å². The molecule has 1 amide bonds. The summed E-state index contributed by atoms with van der Waals surface area (Å²) < 4.78 is 5.16. The van der Waals surface area contributed by atoms with Crippen molar-refractivity contribution in [3.63, 3.8) is 0 Å². The second-order valence-corrected chi connectivity index (χ2v) is 6.26. The van der Waals surface area contributed by atoms with Crippen LogP contribution in [0.5, 0.6) is 0 Å². The number of carbonyl (C=O) groups is 1. The van der Waals surface area contributed by atoms with E-state index < -0.39 is 11.7 Å². The van der Waals surface area contributed by atoms with Crippen LogP contribution in [0.1, 0.15) is 49.4 Å². The smallest absolute Gasteiger partial charge is 0.407 e. The molecule has 1 aromatic carbocycles. The van der Waals surface area contributed by atoms with Crippen LogP contribution in [0.3, 0.4) is 0 Å². The molecule has 0 saturated carbocycles. The SMILES string of the molecule is Cc1cc(C#N)cc(C)c1C=CCCNC(=O)OC(C)(C)C. The Kier molecular flexibility index (Phi) is 6.18. The molecule has 0 aliphatic rings.